The molecule has 1 aliphatic rings. The van der Waals surface area contributed by atoms with Gasteiger partial charge in [0, 0.05) is 22.0 Å². The fraction of sp³-hybridized carbons (Fsp3) is 0.321. The van der Waals surface area contributed by atoms with E-state index >= 15 is 0 Å². The number of rotatable bonds is 9. The van der Waals surface area contributed by atoms with Crippen molar-refractivity contribution < 1.29 is 8.78 Å². The molecule has 0 aromatic heterocycles. The molecule has 3 aromatic rings. The molecule has 0 spiro atoms. The summed E-state index contributed by atoms with van der Waals surface area (Å²) in [6.45, 7) is 0. The first-order valence-electron chi connectivity index (χ1n) is 11.7. The monoisotopic (exact) mass is 513 g/mol. The molecule has 0 unspecified atom stereocenters. The van der Waals surface area contributed by atoms with E-state index in [-0.39, 0.29) is 16.2 Å². The molecule has 1 aliphatic carbocycles. The minimum absolute atomic E-state index is 0.122. The fourth-order valence-corrected chi connectivity index (χ4v) is 7.89. The van der Waals surface area contributed by atoms with E-state index in [4.69, 9.17) is 4.99 Å². The molecule has 0 heterocycles. The van der Waals surface area contributed by atoms with Crippen LogP contribution in [0.4, 0.5) is 14.5 Å². The number of halogens is 2. The topological polar surface area (TPSA) is 12.4 Å². The zero-order chi connectivity index (χ0) is 23.6. The van der Waals surface area contributed by atoms with Gasteiger partial charge in [0.25, 0.3) is 0 Å². The summed E-state index contributed by atoms with van der Waals surface area (Å²) >= 11 is 5.29. The molecular formula is C28H29F2NS3. The molecule has 178 valence electrons. The minimum Gasteiger partial charge on any atom is -0.247 e. The van der Waals surface area contributed by atoms with Crippen molar-refractivity contribution in [3.63, 3.8) is 0 Å². The summed E-state index contributed by atoms with van der Waals surface area (Å²) in [6.07, 6.45) is 7.42. The predicted molar refractivity (Wildman–Crippen MR) is 145 cm³/mol. The Labute approximate surface area is 214 Å². The van der Waals surface area contributed by atoms with Gasteiger partial charge in [-0.25, -0.2) is 13.8 Å². The first-order valence-corrected chi connectivity index (χ1v) is 14.5. The highest BCUT2D eigenvalue weighted by Gasteiger charge is 2.20. The summed E-state index contributed by atoms with van der Waals surface area (Å²) in [5.74, 6) is 1.39. The van der Waals surface area contributed by atoms with Gasteiger partial charge in [0.2, 0.25) is 0 Å². The standard InChI is InChI=1S/C28H29F2NS3/c29-22-11-15-25(16-12-22)33-28(34-26-17-13-23(30)14-18-26)19-27(31-24-9-5-2-6-10-24)32-20-21-7-3-1-4-8-21/h2,5-6,9-18,21,28H,1,3-4,7-8,19-20H2. The van der Waals surface area contributed by atoms with Crippen LogP contribution in [0.5, 0.6) is 0 Å². The lowest BCUT2D eigenvalue weighted by molar-refractivity contribution is 0.391. The predicted octanol–water partition coefficient (Wildman–Crippen LogP) is 9.61. The van der Waals surface area contributed by atoms with E-state index in [1.807, 2.05) is 66.4 Å². The summed E-state index contributed by atoms with van der Waals surface area (Å²) in [4.78, 5) is 7.05. The zero-order valence-electron chi connectivity index (χ0n) is 19.0. The van der Waals surface area contributed by atoms with Gasteiger partial charge in [0.05, 0.1) is 15.3 Å². The number of hydrogen-bond donors (Lipinski definition) is 0. The lowest BCUT2D eigenvalue weighted by Gasteiger charge is -2.22. The van der Waals surface area contributed by atoms with Crippen LogP contribution in [0.3, 0.4) is 0 Å². The van der Waals surface area contributed by atoms with E-state index in [0.717, 1.165) is 38.6 Å². The minimum atomic E-state index is -0.235. The lowest BCUT2D eigenvalue weighted by Crippen LogP contribution is -2.12. The van der Waals surface area contributed by atoms with Crippen LogP contribution >= 0.6 is 35.3 Å². The summed E-state index contributed by atoms with van der Waals surface area (Å²) in [5, 5.41) is 1.12. The Bertz CT molecular complexity index is 986. The molecule has 0 radical (unpaired) electrons. The van der Waals surface area contributed by atoms with Crippen molar-refractivity contribution in [2.75, 3.05) is 5.75 Å². The lowest BCUT2D eigenvalue weighted by atomic mass is 9.91. The molecule has 0 atom stereocenters. The molecular weight excluding hydrogens is 485 g/mol. The first-order chi connectivity index (χ1) is 16.6. The number of para-hydroxylation sites is 1. The molecule has 1 fully saturated rings. The molecule has 4 rings (SSSR count). The molecule has 3 aromatic carbocycles. The highest BCUT2D eigenvalue weighted by molar-refractivity contribution is 8.17. The van der Waals surface area contributed by atoms with Crippen molar-refractivity contribution in [2.45, 2.75) is 52.9 Å². The van der Waals surface area contributed by atoms with E-state index < -0.39 is 0 Å². The van der Waals surface area contributed by atoms with Gasteiger partial charge in [-0.3, -0.25) is 0 Å². The van der Waals surface area contributed by atoms with Gasteiger partial charge in [0.15, 0.2) is 0 Å². The molecule has 0 aliphatic heterocycles. The number of thioether (sulfide) groups is 3. The number of benzene rings is 3. The average molecular weight is 514 g/mol. The largest absolute Gasteiger partial charge is 0.247 e. The van der Waals surface area contributed by atoms with E-state index in [9.17, 15) is 8.78 Å². The van der Waals surface area contributed by atoms with Crippen LogP contribution in [0.15, 0.2) is 93.6 Å². The summed E-state index contributed by atoms with van der Waals surface area (Å²) in [5.41, 5.74) is 0.964. The third-order valence-electron chi connectivity index (χ3n) is 5.72. The number of aliphatic imine (C=N–C) groups is 1. The van der Waals surface area contributed by atoms with E-state index in [1.165, 1.54) is 56.4 Å². The maximum atomic E-state index is 13.5. The van der Waals surface area contributed by atoms with Crippen molar-refractivity contribution >= 4 is 46.0 Å². The van der Waals surface area contributed by atoms with E-state index in [1.54, 1.807) is 23.5 Å². The number of hydrogen-bond acceptors (Lipinski definition) is 4. The Balaban J connectivity index is 1.54. The van der Waals surface area contributed by atoms with Crippen molar-refractivity contribution in [3.8, 4) is 0 Å². The average Bonchev–Trinajstić information content (AvgIpc) is 2.86. The van der Waals surface area contributed by atoms with Gasteiger partial charge in [-0.05, 0) is 79.4 Å². The van der Waals surface area contributed by atoms with Crippen molar-refractivity contribution in [1.82, 2.24) is 0 Å². The molecule has 1 nitrogen and oxygen atoms in total. The van der Waals surface area contributed by atoms with Crippen LogP contribution in [-0.2, 0) is 0 Å². The van der Waals surface area contributed by atoms with Crippen molar-refractivity contribution in [1.29, 1.82) is 0 Å². The number of nitrogens with zero attached hydrogens (tertiary/aromatic N) is 1. The maximum Gasteiger partial charge on any atom is 0.123 e. The Kier molecular flexibility index (Phi) is 9.96. The first kappa shape index (κ1) is 25.3. The second-order valence-corrected chi connectivity index (χ2v) is 12.4. The third-order valence-corrected chi connectivity index (χ3v) is 9.48. The van der Waals surface area contributed by atoms with Crippen LogP contribution in [-0.4, -0.2) is 15.4 Å². The highest BCUT2D eigenvalue weighted by Crippen LogP contribution is 2.40. The molecule has 6 heteroatoms. The Morgan fingerprint density at radius 2 is 1.32 bits per heavy atom. The van der Waals surface area contributed by atoms with Gasteiger partial charge in [-0.2, -0.15) is 0 Å². The quantitative estimate of drug-likeness (QED) is 0.122. The second-order valence-electron chi connectivity index (χ2n) is 8.43. The van der Waals surface area contributed by atoms with Gasteiger partial charge < -0.3 is 0 Å². The van der Waals surface area contributed by atoms with Crippen LogP contribution in [0.25, 0.3) is 0 Å². The molecule has 34 heavy (non-hydrogen) atoms. The van der Waals surface area contributed by atoms with Gasteiger partial charge in [-0.1, -0.05) is 37.5 Å². The summed E-state index contributed by atoms with van der Waals surface area (Å²) in [7, 11) is 0. The van der Waals surface area contributed by atoms with Crippen molar-refractivity contribution in [3.05, 3.63) is 90.5 Å². The van der Waals surface area contributed by atoms with Gasteiger partial charge in [-0.15, -0.1) is 35.3 Å². The van der Waals surface area contributed by atoms with Gasteiger partial charge in [0.1, 0.15) is 11.6 Å². The Morgan fingerprint density at radius 3 is 1.88 bits per heavy atom. The summed E-state index contributed by atoms with van der Waals surface area (Å²) in [6, 6.07) is 23.4. The van der Waals surface area contributed by atoms with Crippen LogP contribution in [0.2, 0.25) is 0 Å². The van der Waals surface area contributed by atoms with E-state index in [2.05, 4.69) is 0 Å². The molecule has 1 saturated carbocycles. The molecule has 0 saturated heterocycles. The molecule has 0 amide bonds. The molecule has 0 N–H and O–H groups in total. The Hall–Kier alpha value is -1.76. The summed E-state index contributed by atoms with van der Waals surface area (Å²) < 4.78 is 27.1. The Morgan fingerprint density at radius 1 is 0.765 bits per heavy atom. The van der Waals surface area contributed by atoms with Crippen molar-refractivity contribution in [2.24, 2.45) is 10.9 Å². The van der Waals surface area contributed by atoms with Crippen LogP contribution in [0.1, 0.15) is 38.5 Å². The smallest absolute Gasteiger partial charge is 0.123 e. The van der Waals surface area contributed by atoms with Crippen LogP contribution in [0, 0.1) is 17.6 Å². The third kappa shape index (κ3) is 8.47. The maximum absolute atomic E-state index is 13.5. The SMILES string of the molecule is Fc1ccc(SC(CC(=Nc2ccccc2)SCC2CCCCC2)Sc2ccc(F)cc2)cc1. The highest BCUT2D eigenvalue weighted by atomic mass is 32.2. The zero-order valence-corrected chi connectivity index (χ0v) is 21.5. The fourth-order valence-electron chi connectivity index (χ4n) is 3.93. The second kappa shape index (κ2) is 13.4. The molecule has 0 bridgehead atoms. The van der Waals surface area contributed by atoms with E-state index in [0.29, 0.717) is 0 Å². The van der Waals surface area contributed by atoms with Crippen LogP contribution < -0.4 is 0 Å². The normalized spacial score (nSPS) is 15.1. The van der Waals surface area contributed by atoms with Gasteiger partial charge >= 0.3 is 0 Å².